The molecule has 1 heterocycles. The smallest absolute Gasteiger partial charge is 0.269 e. The van der Waals surface area contributed by atoms with E-state index in [2.05, 4.69) is 15.6 Å². The van der Waals surface area contributed by atoms with E-state index in [1.54, 1.807) is 26.0 Å². The first-order valence-electron chi connectivity index (χ1n) is 7.78. The van der Waals surface area contributed by atoms with Crippen molar-refractivity contribution in [2.75, 3.05) is 18.4 Å². The van der Waals surface area contributed by atoms with Crippen LogP contribution >= 0.6 is 0 Å². The van der Waals surface area contributed by atoms with Crippen molar-refractivity contribution in [3.05, 3.63) is 56.9 Å². The van der Waals surface area contributed by atoms with Crippen molar-refractivity contribution in [1.82, 2.24) is 10.3 Å². The summed E-state index contributed by atoms with van der Waals surface area (Å²) in [5.74, 6) is -0.358. The minimum atomic E-state index is -0.458. The summed E-state index contributed by atoms with van der Waals surface area (Å²) in [6, 6.07) is 6.04. The molecular weight excluding hydrogens is 324 g/mol. The first kappa shape index (κ1) is 18.2. The molecule has 0 atom stereocenters. The molecule has 0 bridgehead atoms. The highest BCUT2D eigenvalue weighted by Crippen LogP contribution is 2.18. The van der Waals surface area contributed by atoms with Crippen LogP contribution in [-0.2, 0) is 0 Å². The molecule has 8 heteroatoms. The Bertz CT molecular complexity index is 809. The lowest BCUT2D eigenvalue weighted by atomic mass is 10.1. The third kappa shape index (κ3) is 4.23. The van der Waals surface area contributed by atoms with Crippen LogP contribution in [0.15, 0.2) is 24.3 Å². The second kappa shape index (κ2) is 7.61. The van der Waals surface area contributed by atoms with Gasteiger partial charge in [0.15, 0.2) is 5.78 Å². The number of non-ortho nitro benzene ring substituents is 1. The van der Waals surface area contributed by atoms with Gasteiger partial charge in [0.1, 0.15) is 5.69 Å². The summed E-state index contributed by atoms with van der Waals surface area (Å²) in [7, 11) is 0. The Balaban J connectivity index is 1.88. The number of aromatic nitrogens is 1. The molecule has 0 fully saturated rings. The van der Waals surface area contributed by atoms with Crippen molar-refractivity contribution in [3.8, 4) is 0 Å². The Morgan fingerprint density at radius 1 is 1.16 bits per heavy atom. The van der Waals surface area contributed by atoms with E-state index in [4.69, 9.17) is 0 Å². The van der Waals surface area contributed by atoms with Gasteiger partial charge in [-0.05, 0) is 38.5 Å². The Morgan fingerprint density at radius 2 is 1.80 bits per heavy atom. The van der Waals surface area contributed by atoms with E-state index >= 15 is 0 Å². The van der Waals surface area contributed by atoms with Crippen LogP contribution in [0.4, 0.5) is 11.4 Å². The molecule has 0 saturated heterocycles. The number of Topliss-reactive ketones (excluding diaryl/α,β-unsaturated/α-hetero) is 1. The zero-order valence-corrected chi connectivity index (χ0v) is 14.3. The number of nitrogens with one attached hydrogen (secondary N) is 3. The second-order valence-electron chi connectivity index (χ2n) is 5.67. The average Bonchev–Trinajstić information content (AvgIpc) is 2.86. The molecule has 0 unspecified atom stereocenters. The zero-order chi connectivity index (χ0) is 18.6. The first-order chi connectivity index (χ1) is 11.8. The minimum absolute atomic E-state index is 0.0257. The molecule has 25 heavy (non-hydrogen) atoms. The second-order valence-corrected chi connectivity index (χ2v) is 5.67. The maximum atomic E-state index is 12.2. The molecule has 132 valence electrons. The molecule has 0 saturated carbocycles. The van der Waals surface area contributed by atoms with E-state index in [-0.39, 0.29) is 17.4 Å². The van der Waals surface area contributed by atoms with Crippen molar-refractivity contribution in [2.24, 2.45) is 0 Å². The van der Waals surface area contributed by atoms with Crippen LogP contribution < -0.4 is 10.6 Å². The number of amides is 1. The molecule has 0 aliphatic heterocycles. The molecule has 2 aromatic rings. The number of ketones is 1. The van der Waals surface area contributed by atoms with Gasteiger partial charge in [0.2, 0.25) is 0 Å². The summed E-state index contributed by atoms with van der Waals surface area (Å²) in [4.78, 5) is 36.9. The number of benzene rings is 1. The van der Waals surface area contributed by atoms with Crippen molar-refractivity contribution in [2.45, 2.75) is 20.8 Å². The molecule has 3 N–H and O–H groups in total. The molecule has 0 aliphatic rings. The Morgan fingerprint density at radius 3 is 2.32 bits per heavy atom. The monoisotopic (exact) mass is 344 g/mol. The third-order valence-corrected chi connectivity index (χ3v) is 3.83. The summed E-state index contributed by atoms with van der Waals surface area (Å²) in [6.45, 7) is 5.80. The summed E-state index contributed by atoms with van der Waals surface area (Å²) in [6.07, 6.45) is 0. The van der Waals surface area contributed by atoms with E-state index in [9.17, 15) is 19.7 Å². The van der Waals surface area contributed by atoms with Crippen molar-refractivity contribution in [1.29, 1.82) is 0 Å². The molecule has 1 amide bonds. The molecule has 0 aliphatic carbocycles. The lowest BCUT2D eigenvalue weighted by molar-refractivity contribution is -0.384. The number of anilines is 1. The van der Waals surface area contributed by atoms with Gasteiger partial charge in [0.05, 0.1) is 4.92 Å². The molecule has 2 rings (SSSR count). The van der Waals surface area contributed by atoms with Crippen molar-refractivity contribution >= 4 is 23.1 Å². The van der Waals surface area contributed by atoms with Crippen molar-refractivity contribution in [3.63, 3.8) is 0 Å². The first-order valence-corrected chi connectivity index (χ1v) is 7.78. The number of aryl methyl sites for hydroxylation is 1. The quantitative estimate of drug-likeness (QED) is 0.309. The fourth-order valence-corrected chi connectivity index (χ4v) is 2.68. The molecular formula is C17H20N4O4. The van der Waals surface area contributed by atoms with Crippen LogP contribution in [0, 0.1) is 24.0 Å². The molecule has 8 nitrogen and oxygen atoms in total. The fourth-order valence-electron chi connectivity index (χ4n) is 2.68. The number of rotatable bonds is 7. The molecule has 0 radical (unpaired) electrons. The number of hydrogen-bond donors (Lipinski definition) is 3. The van der Waals surface area contributed by atoms with Gasteiger partial charge < -0.3 is 15.6 Å². The van der Waals surface area contributed by atoms with E-state index < -0.39 is 4.92 Å². The molecule has 1 aromatic carbocycles. The Hall–Kier alpha value is -3.16. The van der Waals surface area contributed by atoms with E-state index in [0.29, 0.717) is 35.6 Å². The van der Waals surface area contributed by atoms with E-state index in [0.717, 1.165) is 5.69 Å². The number of hydrogen-bond acceptors (Lipinski definition) is 5. The number of nitrogens with zero attached hydrogens (tertiary/aromatic N) is 1. The predicted molar refractivity (Wildman–Crippen MR) is 94.2 cm³/mol. The lowest BCUT2D eigenvalue weighted by Crippen LogP contribution is -2.29. The average molecular weight is 344 g/mol. The van der Waals surface area contributed by atoms with Gasteiger partial charge in [-0.15, -0.1) is 0 Å². The van der Waals surface area contributed by atoms with Gasteiger partial charge in [-0.2, -0.15) is 0 Å². The number of nitro benzene ring substituents is 1. The summed E-state index contributed by atoms with van der Waals surface area (Å²) >= 11 is 0. The van der Waals surface area contributed by atoms with Crippen LogP contribution in [0.3, 0.4) is 0 Å². The topological polar surface area (TPSA) is 117 Å². The summed E-state index contributed by atoms with van der Waals surface area (Å²) in [5, 5.41) is 16.4. The predicted octanol–water partition coefficient (Wildman–Crippen LogP) is 2.58. The normalized spacial score (nSPS) is 10.4. The Labute approximate surface area is 144 Å². The summed E-state index contributed by atoms with van der Waals surface area (Å²) < 4.78 is 0. The SMILES string of the molecule is CC(=O)c1c(C)[nH]c(C(=O)NCCNc2ccc([N+](=O)[O-])cc2)c1C. The number of aromatic amines is 1. The van der Waals surface area contributed by atoms with Gasteiger partial charge in [0.25, 0.3) is 11.6 Å². The van der Waals surface area contributed by atoms with Gasteiger partial charge >= 0.3 is 0 Å². The largest absolute Gasteiger partial charge is 0.383 e. The van der Waals surface area contributed by atoms with Crippen molar-refractivity contribution < 1.29 is 14.5 Å². The van der Waals surface area contributed by atoms with Crippen LogP contribution in [0.5, 0.6) is 0 Å². The van der Waals surface area contributed by atoms with Crippen LogP contribution in [0.1, 0.15) is 39.0 Å². The van der Waals surface area contributed by atoms with Crippen LogP contribution in [-0.4, -0.2) is 34.7 Å². The van der Waals surface area contributed by atoms with Gasteiger partial charge in [-0.3, -0.25) is 19.7 Å². The van der Waals surface area contributed by atoms with Gasteiger partial charge in [-0.25, -0.2) is 0 Å². The maximum Gasteiger partial charge on any atom is 0.269 e. The number of nitro groups is 1. The van der Waals surface area contributed by atoms with Gasteiger partial charge in [-0.1, -0.05) is 0 Å². The molecule has 1 aromatic heterocycles. The highest BCUT2D eigenvalue weighted by Gasteiger charge is 2.19. The zero-order valence-electron chi connectivity index (χ0n) is 14.3. The number of carbonyl (C=O) groups excluding carboxylic acids is 2. The minimum Gasteiger partial charge on any atom is -0.383 e. The number of carbonyl (C=O) groups is 2. The molecule has 0 spiro atoms. The maximum absolute atomic E-state index is 12.2. The number of H-pyrrole nitrogens is 1. The van der Waals surface area contributed by atoms with Crippen LogP contribution in [0.25, 0.3) is 0 Å². The summed E-state index contributed by atoms with van der Waals surface area (Å²) in [5.41, 5.74) is 3.01. The van der Waals surface area contributed by atoms with Gasteiger partial charge in [0, 0.05) is 42.2 Å². The van der Waals surface area contributed by atoms with Crippen LogP contribution in [0.2, 0.25) is 0 Å². The fraction of sp³-hybridized carbons (Fsp3) is 0.294. The highest BCUT2D eigenvalue weighted by molar-refractivity contribution is 6.02. The standard InChI is InChI=1S/C17H20N4O4/c1-10-15(12(3)22)11(2)20-16(10)17(23)19-9-8-18-13-4-6-14(7-5-13)21(24)25/h4-7,18,20H,8-9H2,1-3H3,(H,19,23). The lowest BCUT2D eigenvalue weighted by Gasteiger charge is -2.08. The highest BCUT2D eigenvalue weighted by atomic mass is 16.6. The Kier molecular flexibility index (Phi) is 5.53. The third-order valence-electron chi connectivity index (χ3n) is 3.83. The van der Waals surface area contributed by atoms with E-state index in [1.807, 2.05) is 0 Å². The van der Waals surface area contributed by atoms with E-state index in [1.165, 1.54) is 19.1 Å².